The van der Waals surface area contributed by atoms with Crippen LogP contribution >= 0.6 is 11.6 Å². The van der Waals surface area contributed by atoms with Gasteiger partial charge in [0.1, 0.15) is 10.7 Å². The maximum atomic E-state index is 12.7. The Labute approximate surface area is 175 Å². The maximum absolute atomic E-state index is 12.7. The van der Waals surface area contributed by atoms with Gasteiger partial charge in [-0.05, 0) is 43.9 Å². The number of hydrogen-bond acceptors (Lipinski definition) is 5. The van der Waals surface area contributed by atoms with E-state index in [0.29, 0.717) is 48.3 Å². The number of amidine groups is 1. The fourth-order valence-corrected chi connectivity index (χ4v) is 5.69. The number of rotatable bonds is 3. The second-order valence-corrected chi connectivity index (χ2v) is 9.66. The van der Waals surface area contributed by atoms with E-state index in [9.17, 15) is 13.2 Å². The van der Waals surface area contributed by atoms with E-state index in [2.05, 4.69) is 9.71 Å². The molecule has 3 aliphatic rings. The third-order valence-electron chi connectivity index (χ3n) is 5.69. The number of nitrogens with zero attached hydrogens (tertiary/aromatic N) is 2. The summed E-state index contributed by atoms with van der Waals surface area (Å²) in [5, 5.41) is 3.66. The second kappa shape index (κ2) is 8.08. The zero-order valence-corrected chi connectivity index (χ0v) is 17.8. The normalized spacial score (nSPS) is 24.7. The Bertz CT molecular complexity index is 958. The van der Waals surface area contributed by atoms with Crippen LogP contribution in [0.15, 0.2) is 34.2 Å². The summed E-state index contributed by atoms with van der Waals surface area (Å²) in [7, 11) is -3.75. The van der Waals surface area contributed by atoms with Crippen molar-refractivity contribution in [3.05, 3.63) is 40.4 Å². The molecule has 9 heteroatoms. The molecular formula is C20H24ClN3O4S. The lowest BCUT2D eigenvalue weighted by Gasteiger charge is -2.34. The summed E-state index contributed by atoms with van der Waals surface area (Å²) >= 11 is 5.93. The van der Waals surface area contributed by atoms with Crippen LogP contribution in [0.1, 0.15) is 31.7 Å². The van der Waals surface area contributed by atoms with Gasteiger partial charge in [-0.15, -0.1) is 4.40 Å². The van der Waals surface area contributed by atoms with Crippen molar-refractivity contribution in [2.45, 2.75) is 32.2 Å². The first-order valence-electron chi connectivity index (χ1n) is 9.80. The zero-order valence-electron chi connectivity index (χ0n) is 16.2. The van der Waals surface area contributed by atoms with Gasteiger partial charge in [0.05, 0.1) is 12.5 Å². The van der Waals surface area contributed by atoms with Gasteiger partial charge in [-0.1, -0.05) is 23.7 Å². The van der Waals surface area contributed by atoms with Gasteiger partial charge >= 0.3 is 0 Å². The van der Waals surface area contributed by atoms with Gasteiger partial charge in [0, 0.05) is 36.3 Å². The molecule has 1 aromatic carbocycles. The van der Waals surface area contributed by atoms with Gasteiger partial charge in [0.25, 0.3) is 10.0 Å². The van der Waals surface area contributed by atoms with Crippen LogP contribution in [0.25, 0.3) is 4.91 Å². The number of carbonyl (C=O) groups excluding carboxylic acids is 1. The molecule has 0 spiro atoms. The maximum Gasteiger partial charge on any atom is 0.285 e. The van der Waals surface area contributed by atoms with E-state index in [1.165, 1.54) is 0 Å². The Hall–Kier alpha value is -1.90. The summed E-state index contributed by atoms with van der Waals surface area (Å²) in [5.74, 6) is 0.510. The molecule has 29 heavy (non-hydrogen) atoms. The summed E-state index contributed by atoms with van der Waals surface area (Å²) < 4.78 is 34.7. The molecule has 0 radical (unpaired) electrons. The molecule has 0 saturated carbocycles. The lowest BCUT2D eigenvalue weighted by atomic mass is 10.0. The lowest BCUT2D eigenvalue weighted by Crippen LogP contribution is -2.48. The largest absolute Gasteiger partial charge is 0.381 e. The van der Waals surface area contributed by atoms with Crippen LogP contribution in [0.2, 0.25) is 5.02 Å². The summed E-state index contributed by atoms with van der Waals surface area (Å²) in [5.41, 5.74) is 1.24. The van der Waals surface area contributed by atoms with Gasteiger partial charge < -0.3 is 15.0 Å². The molecule has 1 amide bonds. The van der Waals surface area contributed by atoms with Gasteiger partial charge in [-0.3, -0.25) is 4.79 Å². The predicted molar refractivity (Wildman–Crippen MR) is 112 cm³/mol. The van der Waals surface area contributed by atoms with E-state index >= 15 is 0 Å². The molecule has 4 rings (SSSR count). The molecular weight excluding hydrogens is 414 g/mol. The number of ether oxygens (including phenoxy) is 1. The van der Waals surface area contributed by atoms with Gasteiger partial charge in [0.15, 0.2) is 0 Å². The third-order valence-corrected chi connectivity index (χ3v) is 7.41. The van der Waals surface area contributed by atoms with E-state index < -0.39 is 10.0 Å². The molecule has 2 fully saturated rings. The Morgan fingerprint density at radius 3 is 2.52 bits per heavy atom. The molecule has 156 valence electrons. The minimum atomic E-state index is -3.75. The Kier molecular flexibility index (Phi) is 5.68. The number of nitrogens with one attached hydrogen (secondary N) is 1. The van der Waals surface area contributed by atoms with Crippen LogP contribution in [0.5, 0.6) is 0 Å². The first kappa shape index (κ1) is 20.4. The number of hydrogen-bond donors (Lipinski definition) is 1. The molecule has 0 aliphatic carbocycles. The Balaban J connectivity index is 1.44. The fourth-order valence-electron chi connectivity index (χ4n) is 4.08. The van der Waals surface area contributed by atoms with Crippen molar-refractivity contribution < 1.29 is 17.9 Å². The highest BCUT2D eigenvalue weighted by Gasteiger charge is 2.35. The average molecular weight is 438 g/mol. The van der Waals surface area contributed by atoms with Crippen molar-refractivity contribution in [3.8, 4) is 0 Å². The highest BCUT2D eigenvalue weighted by Crippen LogP contribution is 2.34. The van der Waals surface area contributed by atoms with E-state index in [1.807, 2.05) is 4.90 Å². The standard InChI is InChI=1S/C20H24ClN3O4S/c1-13-18(14-2-4-16(21)5-3-14)29(26,27)23-19(13)24-9-6-17(7-10-24)22-20(25)15-8-11-28-12-15/h2-5,15,17H,6-12H2,1H3,(H,22,25)/t15-/m1/s1. The van der Waals surface area contributed by atoms with E-state index in [-0.39, 0.29) is 22.8 Å². The number of likely N-dealkylation sites (tertiary alicyclic amines) is 1. The summed E-state index contributed by atoms with van der Waals surface area (Å²) in [6.45, 7) is 4.22. The highest BCUT2D eigenvalue weighted by atomic mass is 35.5. The van der Waals surface area contributed by atoms with Crippen LogP contribution in [-0.2, 0) is 19.6 Å². The van der Waals surface area contributed by atoms with E-state index in [1.54, 1.807) is 31.2 Å². The average Bonchev–Trinajstić information content (AvgIpc) is 3.30. The molecule has 0 unspecified atom stereocenters. The third kappa shape index (κ3) is 4.20. The van der Waals surface area contributed by atoms with Crippen molar-refractivity contribution in [3.63, 3.8) is 0 Å². The zero-order chi connectivity index (χ0) is 20.6. The van der Waals surface area contributed by atoms with Gasteiger partial charge in [-0.25, -0.2) is 0 Å². The van der Waals surface area contributed by atoms with Crippen LogP contribution in [0.4, 0.5) is 0 Å². The number of halogens is 1. The minimum absolute atomic E-state index is 0.0514. The molecule has 0 aromatic heterocycles. The number of carbonyl (C=O) groups is 1. The predicted octanol–water partition coefficient (Wildman–Crippen LogP) is 2.43. The summed E-state index contributed by atoms with van der Waals surface area (Å²) in [4.78, 5) is 14.5. The van der Waals surface area contributed by atoms with Crippen molar-refractivity contribution in [2.75, 3.05) is 26.3 Å². The van der Waals surface area contributed by atoms with Crippen molar-refractivity contribution in [2.24, 2.45) is 10.3 Å². The first-order chi connectivity index (χ1) is 13.8. The number of benzene rings is 1. The van der Waals surface area contributed by atoms with Crippen LogP contribution in [-0.4, -0.2) is 57.4 Å². The summed E-state index contributed by atoms with van der Waals surface area (Å²) in [6, 6.07) is 6.85. The Morgan fingerprint density at radius 1 is 1.21 bits per heavy atom. The highest BCUT2D eigenvalue weighted by molar-refractivity contribution is 8.00. The monoisotopic (exact) mass is 437 g/mol. The number of amides is 1. The quantitative estimate of drug-likeness (QED) is 0.784. The van der Waals surface area contributed by atoms with Crippen molar-refractivity contribution in [1.29, 1.82) is 0 Å². The topological polar surface area (TPSA) is 88.1 Å². The fraction of sp³-hybridized carbons (Fsp3) is 0.500. The molecule has 3 heterocycles. The van der Waals surface area contributed by atoms with Gasteiger partial charge in [-0.2, -0.15) is 8.42 Å². The van der Waals surface area contributed by atoms with Crippen LogP contribution < -0.4 is 5.32 Å². The lowest BCUT2D eigenvalue weighted by molar-refractivity contribution is -0.125. The van der Waals surface area contributed by atoms with Crippen molar-refractivity contribution >= 4 is 38.3 Å². The molecule has 0 bridgehead atoms. The molecule has 3 aliphatic heterocycles. The van der Waals surface area contributed by atoms with Crippen LogP contribution in [0.3, 0.4) is 0 Å². The molecule has 1 atom stereocenters. The number of sulfonamides is 1. The molecule has 2 saturated heterocycles. The van der Waals surface area contributed by atoms with E-state index in [4.69, 9.17) is 16.3 Å². The number of piperidine rings is 1. The Morgan fingerprint density at radius 2 is 1.90 bits per heavy atom. The van der Waals surface area contributed by atoms with E-state index in [0.717, 1.165) is 19.3 Å². The van der Waals surface area contributed by atoms with Crippen molar-refractivity contribution in [1.82, 2.24) is 10.2 Å². The molecule has 1 aromatic rings. The van der Waals surface area contributed by atoms with Crippen LogP contribution in [0, 0.1) is 5.92 Å². The molecule has 1 N–H and O–H groups in total. The SMILES string of the molecule is CC1=C(c2ccc(Cl)cc2)S(=O)(=O)N=C1N1CCC(NC(=O)[C@@H]2CCOC2)CC1. The second-order valence-electron chi connectivity index (χ2n) is 7.68. The summed E-state index contributed by atoms with van der Waals surface area (Å²) in [6.07, 6.45) is 2.28. The first-order valence-corrected chi connectivity index (χ1v) is 11.6. The molecule has 7 nitrogen and oxygen atoms in total. The van der Waals surface area contributed by atoms with Gasteiger partial charge in [0.2, 0.25) is 5.91 Å². The smallest absolute Gasteiger partial charge is 0.285 e. The minimum Gasteiger partial charge on any atom is -0.381 e.